The van der Waals surface area contributed by atoms with Gasteiger partial charge in [0, 0.05) is 32.2 Å². The third kappa shape index (κ3) is 2.58. The van der Waals surface area contributed by atoms with E-state index in [9.17, 15) is 4.79 Å². The van der Waals surface area contributed by atoms with Crippen molar-refractivity contribution in [2.45, 2.75) is 32.9 Å². The van der Waals surface area contributed by atoms with Crippen molar-refractivity contribution in [2.24, 2.45) is 0 Å². The molecule has 2 N–H and O–H groups in total. The van der Waals surface area contributed by atoms with Gasteiger partial charge in [0.25, 0.3) is 5.91 Å². The lowest BCUT2D eigenvalue weighted by Crippen LogP contribution is -2.53. The molecule has 1 amide bonds. The van der Waals surface area contributed by atoms with E-state index < -0.39 is 0 Å². The van der Waals surface area contributed by atoms with Gasteiger partial charge in [-0.25, -0.2) is 0 Å². The number of nitrogen functional groups attached to an aromatic ring is 1. The van der Waals surface area contributed by atoms with Crippen molar-refractivity contribution >= 4 is 11.6 Å². The quantitative estimate of drug-likeness (QED) is 0.871. The van der Waals surface area contributed by atoms with Crippen LogP contribution in [-0.2, 0) is 6.54 Å². The number of anilines is 1. The Morgan fingerprint density at radius 1 is 1.47 bits per heavy atom. The smallest absolute Gasteiger partial charge is 0.274 e. The Kier molecular flexibility index (Phi) is 4.09. The van der Waals surface area contributed by atoms with Crippen molar-refractivity contribution in [3.8, 4) is 0 Å². The first-order valence-electron chi connectivity index (χ1n) is 6.89. The number of carbonyl (C=O) groups is 1. The third-order valence-corrected chi connectivity index (χ3v) is 3.91. The van der Waals surface area contributed by atoms with Crippen LogP contribution >= 0.6 is 0 Å². The number of nitrogens with two attached hydrogens (primary N) is 1. The van der Waals surface area contributed by atoms with Crippen LogP contribution in [0.15, 0.2) is 6.20 Å². The highest BCUT2D eigenvalue weighted by molar-refractivity contribution is 5.97. The van der Waals surface area contributed by atoms with Crippen molar-refractivity contribution in [1.29, 1.82) is 0 Å². The Morgan fingerprint density at radius 2 is 2.21 bits per heavy atom. The number of nitrogens with zero attached hydrogens (tertiary/aromatic N) is 4. The fourth-order valence-electron chi connectivity index (χ4n) is 2.59. The lowest BCUT2D eigenvalue weighted by atomic mass is 10.1. The SMILES string of the molecule is CCC1CN(C(=O)c2c(N)cnn2CC)CCN1C. The molecule has 0 aliphatic carbocycles. The van der Waals surface area contributed by atoms with E-state index in [0.717, 1.165) is 26.1 Å². The molecule has 1 atom stereocenters. The molecule has 2 heterocycles. The van der Waals surface area contributed by atoms with E-state index in [1.54, 1.807) is 10.9 Å². The maximum Gasteiger partial charge on any atom is 0.274 e. The van der Waals surface area contributed by atoms with E-state index in [4.69, 9.17) is 5.73 Å². The molecule has 0 spiro atoms. The molecule has 106 valence electrons. The Bertz CT molecular complexity index is 456. The van der Waals surface area contributed by atoms with Gasteiger partial charge in [-0.1, -0.05) is 6.92 Å². The van der Waals surface area contributed by atoms with Crippen LogP contribution < -0.4 is 5.73 Å². The van der Waals surface area contributed by atoms with Gasteiger partial charge in [-0.15, -0.1) is 0 Å². The first kappa shape index (κ1) is 13.9. The van der Waals surface area contributed by atoms with Crippen molar-refractivity contribution in [2.75, 3.05) is 32.4 Å². The van der Waals surface area contributed by atoms with Crippen LogP contribution in [0.25, 0.3) is 0 Å². The monoisotopic (exact) mass is 265 g/mol. The molecular formula is C13H23N5O. The average Bonchev–Trinajstić information content (AvgIpc) is 2.79. The van der Waals surface area contributed by atoms with Crippen LogP contribution in [0, 0.1) is 0 Å². The van der Waals surface area contributed by atoms with E-state index in [0.29, 0.717) is 24.0 Å². The van der Waals surface area contributed by atoms with Crippen LogP contribution in [0.5, 0.6) is 0 Å². The van der Waals surface area contributed by atoms with Crippen molar-refractivity contribution in [3.63, 3.8) is 0 Å². The lowest BCUT2D eigenvalue weighted by molar-refractivity contribution is 0.0531. The topological polar surface area (TPSA) is 67.4 Å². The summed E-state index contributed by atoms with van der Waals surface area (Å²) in [4.78, 5) is 16.8. The maximum absolute atomic E-state index is 12.6. The Morgan fingerprint density at radius 3 is 2.84 bits per heavy atom. The molecule has 1 fully saturated rings. The van der Waals surface area contributed by atoms with Crippen molar-refractivity contribution in [3.05, 3.63) is 11.9 Å². The number of amides is 1. The number of piperazine rings is 1. The minimum Gasteiger partial charge on any atom is -0.396 e. The van der Waals surface area contributed by atoms with E-state index in [2.05, 4.69) is 24.0 Å². The molecule has 0 saturated carbocycles. The van der Waals surface area contributed by atoms with E-state index >= 15 is 0 Å². The first-order chi connectivity index (χ1) is 9.08. The van der Waals surface area contributed by atoms with E-state index in [1.165, 1.54) is 0 Å². The molecule has 19 heavy (non-hydrogen) atoms. The van der Waals surface area contributed by atoms with Crippen molar-refractivity contribution in [1.82, 2.24) is 19.6 Å². The molecule has 1 aromatic heterocycles. The van der Waals surface area contributed by atoms with Gasteiger partial charge < -0.3 is 10.6 Å². The molecule has 1 aliphatic rings. The van der Waals surface area contributed by atoms with Crippen LogP contribution in [0.3, 0.4) is 0 Å². The van der Waals surface area contributed by atoms with Crippen LogP contribution in [0.1, 0.15) is 30.8 Å². The van der Waals surface area contributed by atoms with Gasteiger partial charge in [-0.2, -0.15) is 5.10 Å². The average molecular weight is 265 g/mol. The second kappa shape index (κ2) is 5.61. The van der Waals surface area contributed by atoms with Gasteiger partial charge in [-0.3, -0.25) is 14.4 Å². The summed E-state index contributed by atoms with van der Waals surface area (Å²) in [7, 11) is 2.11. The Balaban J connectivity index is 2.18. The number of hydrogen-bond acceptors (Lipinski definition) is 4. The number of aryl methyl sites for hydroxylation is 1. The highest BCUT2D eigenvalue weighted by Gasteiger charge is 2.29. The third-order valence-electron chi connectivity index (χ3n) is 3.91. The van der Waals surface area contributed by atoms with Crippen molar-refractivity contribution < 1.29 is 4.79 Å². The highest BCUT2D eigenvalue weighted by atomic mass is 16.2. The molecule has 0 radical (unpaired) electrons. The predicted octanol–water partition coefficient (Wildman–Crippen LogP) is 0.651. The number of rotatable bonds is 3. The number of aromatic nitrogens is 2. The number of carbonyl (C=O) groups excluding carboxylic acids is 1. The minimum atomic E-state index is 0.00315. The molecule has 1 unspecified atom stereocenters. The van der Waals surface area contributed by atoms with Gasteiger partial charge in [0.05, 0.1) is 11.9 Å². The molecular weight excluding hydrogens is 242 g/mol. The summed E-state index contributed by atoms with van der Waals surface area (Å²) >= 11 is 0. The first-order valence-corrected chi connectivity index (χ1v) is 6.89. The maximum atomic E-state index is 12.6. The summed E-state index contributed by atoms with van der Waals surface area (Å²) in [5, 5.41) is 4.14. The van der Waals surface area contributed by atoms with Gasteiger partial charge in [0.2, 0.25) is 0 Å². The summed E-state index contributed by atoms with van der Waals surface area (Å²) in [5.74, 6) is 0.00315. The normalized spacial score (nSPS) is 20.8. The molecule has 0 bridgehead atoms. The highest BCUT2D eigenvalue weighted by Crippen LogP contribution is 2.17. The van der Waals surface area contributed by atoms with E-state index in [-0.39, 0.29) is 5.91 Å². The number of hydrogen-bond donors (Lipinski definition) is 1. The van der Waals surface area contributed by atoms with Crippen LogP contribution in [-0.4, -0.2) is 58.2 Å². The fraction of sp³-hybridized carbons (Fsp3) is 0.692. The minimum absolute atomic E-state index is 0.00315. The summed E-state index contributed by atoms with van der Waals surface area (Å²) in [6.45, 7) is 7.19. The van der Waals surface area contributed by atoms with Gasteiger partial charge in [0.15, 0.2) is 0 Å². The fourth-order valence-corrected chi connectivity index (χ4v) is 2.59. The molecule has 1 saturated heterocycles. The summed E-state index contributed by atoms with van der Waals surface area (Å²) < 4.78 is 1.68. The van der Waals surface area contributed by atoms with Gasteiger partial charge >= 0.3 is 0 Å². The largest absolute Gasteiger partial charge is 0.396 e. The Labute approximate surface area is 114 Å². The lowest BCUT2D eigenvalue weighted by Gasteiger charge is -2.39. The van der Waals surface area contributed by atoms with Crippen LogP contribution in [0.4, 0.5) is 5.69 Å². The second-order valence-corrected chi connectivity index (χ2v) is 5.06. The zero-order valence-electron chi connectivity index (χ0n) is 12.0. The molecule has 1 aromatic rings. The molecule has 0 aromatic carbocycles. The number of likely N-dealkylation sites (N-methyl/N-ethyl adjacent to an activating group) is 1. The summed E-state index contributed by atoms with van der Waals surface area (Å²) in [6.07, 6.45) is 2.60. The zero-order chi connectivity index (χ0) is 14.0. The summed E-state index contributed by atoms with van der Waals surface area (Å²) in [6, 6.07) is 0.428. The summed E-state index contributed by atoms with van der Waals surface area (Å²) in [5.41, 5.74) is 6.88. The predicted molar refractivity (Wildman–Crippen MR) is 74.9 cm³/mol. The zero-order valence-corrected chi connectivity index (χ0v) is 12.0. The molecule has 2 rings (SSSR count). The van der Waals surface area contributed by atoms with E-state index in [1.807, 2.05) is 11.8 Å². The Hall–Kier alpha value is -1.56. The molecule has 6 heteroatoms. The standard InChI is InChI=1S/C13H23N5O/c1-4-10-9-17(7-6-16(10)3)13(19)12-11(14)8-15-18(12)5-2/h8,10H,4-7,9,14H2,1-3H3. The molecule has 6 nitrogen and oxygen atoms in total. The van der Waals surface area contributed by atoms with Gasteiger partial charge in [0.1, 0.15) is 5.69 Å². The van der Waals surface area contributed by atoms with Crippen LogP contribution in [0.2, 0.25) is 0 Å². The second-order valence-electron chi connectivity index (χ2n) is 5.06. The molecule has 1 aliphatic heterocycles. The van der Waals surface area contributed by atoms with Gasteiger partial charge in [-0.05, 0) is 20.4 Å².